The molecule has 2 N–H and O–H groups in total. The van der Waals surface area contributed by atoms with Crippen LogP contribution in [0.5, 0.6) is 5.75 Å². The Bertz CT molecular complexity index is 1030. The number of benzene rings is 2. The Morgan fingerprint density at radius 2 is 1.79 bits per heavy atom. The van der Waals surface area contributed by atoms with Crippen LogP contribution in [-0.4, -0.2) is 17.1 Å². The minimum absolute atomic E-state index is 0.142. The van der Waals surface area contributed by atoms with Crippen molar-refractivity contribution >= 4 is 16.5 Å². The van der Waals surface area contributed by atoms with Gasteiger partial charge < -0.3 is 10.5 Å². The molecule has 0 unspecified atom stereocenters. The third kappa shape index (κ3) is 4.05. The Balaban J connectivity index is 1.62. The maximum atomic E-state index is 5.90. The number of anilines is 1. The van der Waals surface area contributed by atoms with Crippen LogP contribution in [-0.2, 0) is 6.42 Å². The van der Waals surface area contributed by atoms with Crippen molar-refractivity contribution in [3.05, 3.63) is 95.3 Å². The van der Waals surface area contributed by atoms with Crippen LogP contribution in [0.4, 0.5) is 5.13 Å². The van der Waals surface area contributed by atoms with E-state index in [1.807, 2.05) is 29.8 Å². The second-order valence-corrected chi connectivity index (χ2v) is 7.47. The molecule has 0 aliphatic heterocycles. The van der Waals surface area contributed by atoms with Gasteiger partial charge in [0.05, 0.1) is 12.8 Å². The van der Waals surface area contributed by atoms with Gasteiger partial charge in [0, 0.05) is 23.7 Å². The lowest BCUT2D eigenvalue weighted by molar-refractivity contribution is 0.414. The number of ether oxygens (including phenoxy) is 1. The number of nitrogens with zero attached hydrogens (tertiary/aromatic N) is 2. The van der Waals surface area contributed by atoms with Crippen molar-refractivity contribution < 1.29 is 4.74 Å². The molecule has 0 saturated heterocycles. The van der Waals surface area contributed by atoms with Gasteiger partial charge in [0.25, 0.3) is 0 Å². The average molecular weight is 388 g/mol. The smallest absolute Gasteiger partial charge is 0.180 e. The molecule has 0 bridgehead atoms. The van der Waals surface area contributed by atoms with E-state index in [2.05, 4.69) is 52.4 Å². The fourth-order valence-corrected chi connectivity index (χ4v) is 3.91. The molecule has 0 amide bonds. The Kier molecular flexibility index (Phi) is 5.35. The largest absolute Gasteiger partial charge is 0.497 e. The molecule has 2 aromatic heterocycles. The molecular formula is C23H21N3OS. The summed E-state index contributed by atoms with van der Waals surface area (Å²) in [5.74, 6) is 0.991. The molecule has 0 radical (unpaired) electrons. The van der Waals surface area contributed by atoms with Crippen molar-refractivity contribution in [2.24, 2.45) is 0 Å². The van der Waals surface area contributed by atoms with Crippen LogP contribution in [0.2, 0.25) is 0 Å². The predicted molar refractivity (Wildman–Crippen MR) is 115 cm³/mol. The number of nitrogen functional groups attached to an aromatic ring is 1. The molecular weight excluding hydrogens is 366 g/mol. The minimum Gasteiger partial charge on any atom is -0.497 e. The highest BCUT2D eigenvalue weighted by Crippen LogP contribution is 2.32. The molecule has 4 aromatic rings. The Labute approximate surface area is 168 Å². The maximum Gasteiger partial charge on any atom is 0.180 e. The van der Waals surface area contributed by atoms with Gasteiger partial charge in [0.1, 0.15) is 5.75 Å². The van der Waals surface area contributed by atoms with Gasteiger partial charge in [0.15, 0.2) is 5.13 Å². The predicted octanol–water partition coefficient (Wildman–Crippen LogP) is 5.17. The molecule has 1 atom stereocenters. The fourth-order valence-electron chi connectivity index (χ4n) is 3.29. The zero-order valence-corrected chi connectivity index (χ0v) is 16.4. The summed E-state index contributed by atoms with van der Waals surface area (Å²) in [6.07, 6.45) is 4.52. The van der Waals surface area contributed by atoms with Crippen LogP contribution in [0.15, 0.2) is 78.4 Å². The topological polar surface area (TPSA) is 61.0 Å². The number of thiazole rings is 1. The Hall–Kier alpha value is -3.18. The number of methoxy groups -OCH3 is 1. The van der Waals surface area contributed by atoms with Crippen molar-refractivity contribution in [1.82, 2.24) is 9.97 Å². The standard InChI is InChI=1S/C23H21N3OS/c1-27-20-10-8-18(9-11-20)21(22-15-28-23(24)26-22)13-16-4-6-17(7-5-16)19-3-2-12-25-14-19/h2-12,14-15,21H,13H2,1H3,(H2,24,26)/t21-/m0/s1. The molecule has 2 aromatic carbocycles. The first-order chi connectivity index (χ1) is 13.7. The molecule has 4 rings (SSSR count). The number of rotatable bonds is 6. The van der Waals surface area contributed by atoms with Gasteiger partial charge >= 0.3 is 0 Å². The van der Waals surface area contributed by atoms with Crippen LogP contribution < -0.4 is 10.5 Å². The number of pyridine rings is 1. The third-order valence-electron chi connectivity index (χ3n) is 4.80. The van der Waals surface area contributed by atoms with Gasteiger partial charge in [-0.2, -0.15) is 0 Å². The van der Waals surface area contributed by atoms with E-state index in [1.165, 1.54) is 22.5 Å². The molecule has 4 nitrogen and oxygen atoms in total. The highest BCUT2D eigenvalue weighted by molar-refractivity contribution is 7.13. The van der Waals surface area contributed by atoms with Crippen LogP contribution in [0.3, 0.4) is 0 Å². The maximum absolute atomic E-state index is 5.90. The fraction of sp³-hybridized carbons (Fsp3) is 0.130. The average Bonchev–Trinajstić information content (AvgIpc) is 3.19. The lowest BCUT2D eigenvalue weighted by atomic mass is 9.89. The van der Waals surface area contributed by atoms with Crippen molar-refractivity contribution in [2.75, 3.05) is 12.8 Å². The van der Waals surface area contributed by atoms with E-state index >= 15 is 0 Å². The molecule has 140 valence electrons. The second-order valence-electron chi connectivity index (χ2n) is 6.58. The lowest BCUT2D eigenvalue weighted by Crippen LogP contribution is -2.06. The number of hydrogen-bond donors (Lipinski definition) is 1. The van der Waals surface area contributed by atoms with Crippen LogP contribution in [0.1, 0.15) is 22.7 Å². The first kappa shape index (κ1) is 18.2. The molecule has 2 heterocycles. The summed E-state index contributed by atoms with van der Waals surface area (Å²) < 4.78 is 5.29. The van der Waals surface area contributed by atoms with E-state index in [0.29, 0.717) is 5.13 Å². The molecule has 0 aliphatic rings. The molecule has 0 aliphatic carbocycles. The van der Waals surface area contributed by atoms with E-state index < -0.39 is 0 Å². The van der Waals surface area contributed by atoms with Crippen molar-refractivity contribution in [2.45, 2.75) is 12.3 Å². The molecule has 28 heavy (non-hydrogen) atoms. The molecule has 5 heteroatoms. The Morgan fingerprint density at radius 3 is 2.39 bits per heavy atom. The van der Waals surface area contributed by atoms with Crippen LogP contribution in [0, 0.1) is 0 Å². The third-order valence-corrected chi connectivity index (χ3v) is 5.50. The summed E-state index contributed by atoms with van der Waals surface area (Å²) in [7, 11) is 1.68. The summed E-state index contributed by atoms with van der Waals surface area (Å²) in [6, 6.07) is 20.8. The van der Waals surface area contributed by atoms with Crippen molar-refractivity contribution in [1.29, 1.82) is 0 Å². The molecule has 0 fully saturated rings. The van der Waals surface area contributed by atoms with E-state index in [-0.39, 0.29) is 5.92 Å². The quantitative estimate of drug-likeness (QED) is 0.496. The van der Waals surface area contributed by atoms with Gasteiger partial charge in [-0.3, -0.25) is 4.98 Å². The highest BCUT2D eigenvalue weighted by atomic mass is 32.1. The van der Waals surface area contributed by atoms with E-state index in [0.717, 1.165) is 29.0 Å². The van der Waals surface area contributed by atoms with Crippen LogP contribution in [0.25, 0.3) is 11.1 Å². The summed E-state index contributed by atoms with van der Waals surface area (Å²) in [5.41, 5.74) is 11.6. The molecule has 0 spiro atoms. The van der Waals surface area contributed by atoms with Crippen molar-refractivity contribution in [3.8, 4) is 16.9 Å². The van der Waals surface area contributed by atoms with E-state index in [4.69, 9.17) is 10.5 Å². The second kappa shape index (κ2) is 8.23. The first-order valence-corrected chi connectivity index (χ1v) is 9.95. The summed E-state index contributed by atoms with van der Waals surface area (Å²) in [4.78, 5) is 8.75. The van der Waals surface area contributed by atoms with Gasteiger partial charge in [-0.1, -0.05) is 42.5 Å². The molecule has 0 saturated carbocycles. The normalized spacial score (nSPS) is 11.9. The zero-order chi connectivity index (χ0) is 19.3. The number of nitrogens with two attached hydrogens (primary N) is 1. The lowest BCUT2D eigenvalue weighted by Gasteiger charge is -2.16. The van der Waals surface area contributed by atoms with Crippen molar-refractivity contribution in [3.63, 3.8) is 0 Å². The van der Waals surface area contributed by atoms with E-state index in [9.17, 15) is 0 Å². The Morgan fingerprint density at radius 1 is 1.00 bits per heavy atom. The SMILES string of the molecule is COc1ccc([C@H](Cc2ccc(-c3cccnc3)cc2)c2csc(N)n2)cc1. The van der Waals surface area contributed by atoms with Gasteiger partial charge in [-0.15, -0.1) is 11.3 Å². The monoisotopic (exact) mass is 387 g/mol. The summed E-state index contributed by atoms with van der Waals surface area (Å²) >= 11 is 1.48. The number of hydrogen-bond acceptors (Lipinski definition) is 5. The number of aromatic nitrogens is 2. The van der Waals surface area contributed by atoms with Gasteiger partial charge in [0.2, 0.25) is 0 Å². The highest BCUT2D eigenvalue weighted by Gasteiger charge is 2.18. The first-order valence-electron chi connectivity index (χ1n) is 9.07. The summed E-state index contributed by atoms with van der Waals surface area (Å²) in [5, 5.41) is 2.65. The van der Waals surface area contributed by atoms with Crippen LogP contribution >= 0.6 is 11.3 Å². The van der Waals surface area contributed by atoms with Gasteiger partial charge in [-0.25, -0.2) is 4.98 Å². The summed E-state index contributed by atoms with van der Waals surface area (Å²) in [6.45, 7) is 0. The zero-order valence-electron chi connectivity index (χ0n) is 15.6. The van der Waals surface area contributed by atoms with Gasteiger partial charge in [-0.05, 0) is 46.9 Å². The van der Waals surface area contributed by atoms with E-state index in [1.54, 1.807) is 13.3 Å². The minimum atomic E-state index is 0.142.